The fourth-order valence-electron chi connectivity index (χ4n) is 5.59. The average Bonchev–Trinajstić information content (AvgIpc) is 3.25. The van der Waals surface area contributed by atoms with Gasteiger partial charge in [-0.1, -0.05) is 37.3 Å². The monoisotopic (exact) mass is 434 g/mol. The Bertz CT molecular complexity index is 1040. The summed E-state index contributed by atoms with van der Waals surface area (Å²) in [6.07, 6.45) is 3.72. The van der Waals surface area contributed by atoms with Crippen LogP contribution in [-0.4, -0.2) is 36.2 Å². The first-order valence-electron chi connectivity index (χ1n) is 11.6. The van der Waals surface area contributed by atoms with Crippen molar-refractivity contribution in [2.45, 2.75) is 57.3 Å². The summed E-state index contributed by atoms with van der Waals surface area (Å²) in [6, 6.07) is 15.8. The number of aliphatic hydroxyl groups is 1. The fourth-order valence-corrected chi connectivity index (χ4v) is 5.59. The van der Waals surface area contributed by atoms with Crippen LogP contribution in [-0.2, 0) is 26.5 Å². The molecular formula is C26H30N2O4. The second kappa shape index (κ2) is 8.34. The van der Waals surface area contributed by atoms with E-state index in [9.17, 15) is 14.7 Å². The molecule has 168 valence electrons. The van der Waals surface area contributed by atoms with E-state index in [1.54, 1.807) is 0 Å². The average molecular weight is 435 g/mol. The highest BCUT2D eigenvalue weighted by Gasteiger charge is 2.59. The number of nitrogens with zero attached hydrogens (tertiary/aromatic N) is 2. The summed E-state index contributed by atoms with van der Waals surface area (Å²) in [7, 11) is 0. The van der Waals surface area contributed by atoms with Crippen LogP contribution in [0.2, 0.25) is 0 Å². The second-order valence-corrected chi connectivity index (χ2v) is 9.21. The molecule has 32 heavy (non-hydrogen) atoms. The molecule has 0 unspecified atom stereocenters. The Balaban J connectivity index is 1.46. The number of hydrogen-bond acceptors (Lipinski definition) is 4. The number of ether oxygens (including phenoxy) is 1. The summed E-state index contributed by atoms with van der Waals surface area (Å²) in [5.74, 6) is 0.152. The molecule has 3 heterocycles. The van der Waals surface area contributed by atoms with E-state index in [0.717, 1.165) is 48.3 Å². The highest BCUT2D eigenvalue weighted by atomic mass is 16.5. The quantitative estimate of drug-likeness (QED) is 0.778. The highest BCUT2D eigenvalue weighted by Crippen LogP contribution is 2.53. The largest absolute Gasteiger partial charge is 0.396 e. The van der Waals surface area contributed by atoms with Gasteiger partial charge in [0.05, 0.1) is 18.3 Å². The summed E-state index contributed by atoms with van der Waals surface area (Å²) in [4.78, 5) is 29.9. The maximum absolute atomic E-state index is 13.9. The number of piperidine rings is 1. The van der Waals surface area contributed by atoms with Gasteiger partial charge in [0, 0.05) is 36.7 Å². The molecule has 3 aliphatic rings. The zero-order valence-corrected chi connectivity index (χ0v) is 18.5. The van der Waals surface area contributed by atoms with E-state index in [1.165, 1.54) is 0 Å². The number of fused-ring (bicyclic) bond motifs is 2. The van der Waals surface area contributed by atoms with Crippen molar-refractivity contribution in [1.82, 2.24) is 0 Å². The molecule has 0 radical (unpaired) electrons. The molecule has 0 aliphatic carbocycles. The van der Waals surface area contributed by atoms with Gasteiger partial charge < -0.3 is 19.6 Å². The van der Waals surface area contributed by atoms with Crippen LogP contribution in [0, 0.1) is 5.92 Å². The summed E-state index contributed by atoms with van der Waals surface area (Å²) in [5.41, 5.74) is 2.69. The summed E-state index contributed by atoms with van der Waals surface area (Å²) in [6.45, 7) is 3.29. The van der Waals surface area contributed by atoms with Crippen molar-refractivity contribution in [3.63, 3.8) is 0 Å². The normalized spacial score (nSPS) is 27.4. The van der Waals surface area contributed by atoms with E-state index in [4.69, 9.17) is 4.74 Å². The Morgan fingerprint density at radius 1 is 1.12 bits per heavy atom. The molecule has 0 saturated carbocycles. The number of para-hydroxylation sites is 1. The third-order valence-electron chi connectivity index (χ3n) is 7.16. The Kier molecular flexibility index (Phi) is 5.51. The lowest BCUT2D eigenvalue weighted by atomic mass is 9.83. The van der Waals surface area contributed by atoms with Crippen LogP contribution in [0.25, 0.3) is 0 Å². The third kappa shape index (κ3) is 3.33. The Morgan fingerprint density at radius 2 is 1.97 bits per heavy atom. The van der Waals surface area contributed by atoms with Crippen LogP contribution < -0.4 is 9.80 Å². The Labute approximate surface area is 188 Å². The van der Waals surface area contributed by atoms with E-state index in [1.807, 2.05) is 58.3 Å². The minimum atomic E-state index is -0.989. The van der Waals surface area contributed by atoms with Crippen LogP contribution in [0.4, 0.5) is 11.4 Å². The Hall–Kier alpha value is -2.70. The number of carbonyl (C=O) groups is 2. The molecule has 2 amide bonds. The lowest BCUT2D eigenvalue weighted by molar-refractivity contribution is -0.146. The topological polar surface area (TPSA) is 70.1 Å². The van der Waals surface area contributed by atoms with Crippen molar-refractivity contribution in [3.8, 4) is 0 Å². The minimum absolute atomic E-state index is 0.0232. The molecule has 2 aromatic carbocycles. The lowest BCUT2D eigenvalue weighted by Gasteiger charge is -2.29. The first-order chi connectivity index (χ1) is 15.5. The van der Waals surface area contributed by atoms with Gasteiger partial charge in [0.1, 0.15) is 0 Å². The zero-order chi connectivity index (χ0) is 22.3. The van der Waals surface area contributed by atoms with Crippen molar-refractivity contribution in [3.05, 3.63) is 59.7 Å². The number of anilines is 2. The molecule has 6 nitrogen and oxygen atoms in total. The molecule has 2 saturated heterocycles. The van der Waals surface area contributed by atoms with Gasteiger partial charge in [0.15, 0.2) is 5.60 Å². The predicted molar refractivity (Wildman–Crippen MR) is 122 cm³/mol. The van der Waals surface area contributed by atoms with E-state index in [2.05, 4.69) is 6.92 Å². The third-order valence-corrected chi connectivity index (χ3v) is 7.16. The predicted octanol–water partition coefficient (Wildman–Crippen LogP) is 3.75. The SMILES string of the molecule is C[C@H]1C[C@@H](CCO)O[C@]12C(=O)N(Cc1cccc(N3CCCCC3=O)c1)c1ccccc12. The molecule has 1 spiro atoms. The second-order valence-electron chi connectivity index (χ2n) is 9.21. The van der Waals surface area contributed by atoms with Gasteiger partial charge >= 0.3 is 0 Å². The van der Waals surface area contributed by atoms with Gasteiger partial charge in [-0.25, -0.2) is 0 Å². The van der Waals surface area contributed by atoms with Crippen LogP contribution in [0.5, 0.6) is 0 Å². The fraction of sp³-hybridized carbons (Fsp3) is 0.462. The summed E-state index contributed by atoms with van der Waals surface area (Å²) in [5, 5.41) is 9.40. The lowest BCUT2D eigenvalue weighted by Crippen LogP contribution is -2.43. The maximum atomic E-state index is 13.9. The maximum Gasteiger partial charge on any atom is 0.264 e. The van der Waals surface area contributed by atoms with Gasteiger partial charge in [-0.05, 0) is 49.4 Å². The molecule has 5 rings (SSSR count). The van der Waals surface area contributed by atoms with Crippen LogP contribution in [0.1, 0.15) is 50.2 Å². The summed E-state index contributed by atoms with van der Waals surface area (Å²) >= 11 is 0. The van der Waals surface area contributed by atoms with Gasteiger partial charge in [0.25, 0.3) is 5.91 Å². The van der Waals surface area contributed by atoms with Crippen LogP contribution in [0.3, 0.4) is 0 Å². The van der Waals surface area contributed by atoms with Crippen LogP contribution in [0.15, 0.2) is 48.5 Å². The first-order valence-corrected chi connectivity index (χ1v) is 11.6. The number of amides is 2. The van der Waals surface area contributed by atoms with E-state index >= 15 is 0 Å². The number of aliphatic hydroxyl groups excluding tert-OH is 1. The van der Waals surface area contributed by atoms with E-state index in [-0.39, 0.29) is 30.4 Å². The van der Waals surface area contributed by atoms with Crippen LogP contribution >= 0.6 is 0 Å². The Morgan fingerprint density at radius 3 is 2.78 bits per heavy atom. The van der Waals surface area contributed by atoms with Gasteiger partial charge in [0.2, 0.25) is 5.91 Å². The van der Waals surface area contributed by atoms with Crippen molar-refractivity contribution >= 4 is 23.2 Å². The standard InChI is InChI=1S/C26H30N2O4/c1-18-15-21(12-14-29)32-26(18)22-9-2-3-10-23(22)28(25(26)31)17-19-7-6-8-20(16-19)27-13-5-4-11-24(27)30/h2-3,6-10,16,18,21,29H,4-5,11-15,17H2,1H3/t18-,21+,26+/m0/s1. The van der Waals surface area contributed by atoms with Crippen molar-refractivity contribution < 1.29 is 19.4 Å². The highest BCUT2D eigenvalue weighted by molar-refractivity contribution is 6.07. The first kappa shape index (κ1) is 21.2. The minimum Gasteiger partial charge on any atom is -0.396 e. The smallest absolute Gasteiger partial charge is 0.264 e. The van der Waals surface area contributed by atoms with Gasteiger partial charge in [-0.15, -0.1) is 0 Å². The molecule has 2 fully saturated rings. The van der Waals surface area contributed by atoms with Gasteiger partial charge in [-0.3, -0.25) is 9.59 Å². The number of carbonyl (C=O) groups excluding carboxylic acids is 2. The number of rotatable bonds is 5. The summed E-state index contributed by atoms with van der Waals surface area (Å²) < 4.78 is 6.40. The van der Waals surface area contributed by atoms with Crippen molar-refractivity contribution in [1.29, 1.82) is 0 Å². The van der Waals surface area contributed by atoms with E-state index < -0.39 is 5.60 Å². The molecule has 1 N–H and O–H groups in total. The zero-order valence-electron chi connectivity index (χ0n) is 18.5. The molecule has 6 heteroatoms. The number of hydrogen-bond donors (Lipinski definition) is 1. The van der Waals surface area contributed by atoms with Crippen molar-refractivity contribution in [2.75, 3.05) is 23.0 Å². The van der Waals surface area contributed by atoms with Gasteiger partial charge in [-0.2, -0.15) is 0 Å². The molecule has 3 aliphatic heterocycles. The molecule has 2 aromatic rings. The van der Waals surface area contributed by atoms with Crippen molar-refractivity contribution in [2.24, 2.45) is 5.92 Å². The molecular weight excluding hydrogens is 404 g/mol. The molecule has 0 bridgehead atoms. The van der Waals surface area contributed by atoms with E-state index in [0.29, 0.717) is 19.4 Å². The number of benzene rings is 2. The molecule has 0 aromatic heterocycles. The molecule has 3 atom stereocenters.